The number of methoxy groups -OCH3 is 2. The number of esters is 2. The van der Waals surface area contributed by atoms with Crippen molar-refractivity contribution >= 4 is 59.2 Å². The number of fused-ring (bicyclic) bond motifs is 2. The highest BCUT2D eigenvalue weighted by molar-refractivity contribution is 5.99. The minimum atomic E-state index is -1.80. The van der Waals surface area contributed by atoms with Crippen molar-refractivity contribution in [2.45, 2.75) is 154 Å². The number of rotatable bonds is 17. The topological polar surface area (TPSA) is 312 Å². The van der Waals surface area contributed by atoms with E-state index in [9.17, 15) is 43.2 Å². The fourth-order valence-electron chi connectivity index (χ4n) is 8.06. The van der Waals surface area contributed by atoms with E-state index in [4.69, 9.17) is 25.7 Å². The molecule has 0 saturated carbocycles. The Balaban J connectivity index is 2.28. The van der Waals surface area contributed by atoms with Crippen LogP contribution < -0.4 is 38.1 Å². The summed E-state index contributed by atoms with van der Waals surface area (Å²) >= 11 is 0. The summed E-state index contributed by atoms with van der Waals surface area (Å²) in [5.41, 5.74) is 11.7. The van der Waals surface area contributed by atoms with Crippen molar-refractivity contribution in [1.82, 2.24) is 36.4 Å². The zero-order valence-electron chi connectivity index (χ0n) is 40.7. The Morgan fingerprint density at radius 3 is 2.19 bits per heavy atom. The van der Waals surface area contributed by atoms with E-state index in [1.807, 2.05) is 0 Å². The summed E-state index contributed by atoms with van der Waals surface area (Å²) < 4.78 is 16.4. The lowest BCUT2D eigenvalue weighted by molar-refractivity contribution is -0.171. The zero-order valence-corrected chi connectivity index (χ0v) is 40.7. The van der Waals surface area contributed by atoms with Gasteiger partial charge in [0.25, 0.3) is 0 Å². The summed E-state index contributed by atoms with van der Waals surface area (Å²) in [4.78, 5) is 133. The number of likely N-dealkylation sites (N-methyl/N-ethyl adjacent to an activating group) is 1. The molecular formula is C46H72N10O12. The molecule has 3 rings (SSSR count). The minimum Gasteiger partial charge on any atom is -0.469 e. The lowest BCUT2D eigenvalue weighted by Crippen LogP contribution is -2.66. The number of nitrogens with zero attached hydrogens (tertiary/aromatic N) is 3. The third kappa shape index (κ3) is 15.6. The Morgan fingerprint density at radius 2 is 1.60 bits per heavy atom. The second-order valence-corrected chi connectivity index (χ2v) is 17.6. The molecule has 2 saturated heterocycles. The molecule has 2 heterocycles. The average Bonchev–Trinajstić information content (AvgIpc) is 3.29. The average molecular weight is 957 g/mol. The Labute approximate surface area is 398 Å². The third-order valence-electron chi connectivity index (χ3n) is 12.1. The number of hydrogen-bond acceptors (Lipinski definition) is 13. The number of cyclic esters (lactones) is 1. The number of guanidine groups is 1. The van der Waals surface area contributed by atoms with Gasteiger partial charge in [0.15, 0.2) is 5.96 Å². The molecule has 0 aromatic heterocycles. The van der Waals surface area contributed by atoms with Gasteiger partial charge in [0.05, 0.1) is 13.5 Å². The summed E-state index contributed by atoms with van der Waals surface area (Å²) in [7, 11) is 3.93. The van der Waals surface area contributed by atoms with Crippen LogP contribution in [0.15, 0.2) is 35.3 Å². The first-order chi connectivity index (χ1) is 32.2. The van der Waals surface area contributed by atoms with Crippen molar-refractivity contribution in [2.24, 2.45) is 28.3 Å². The van der Waals surface area contributed by atoms with Crippen LogP contribution in [0.2, 0.25) is 0 Å². The first kappa shape index (κ1) is 56.0. The molecule has 9 N–H and O–H groups in total. The van der Waals surface area contributed by atoms with Gasteiger partial charge in [0.1, 0.15) is 54.6 Å². The number of benzene rings is 1. The molecule has 0 unspecified atom stereocenters. The van der Waals surface area contributed by atoms with Crippen molar-refractivity contribution in [3.8, 4) is 0 Å². The molecule has 2 bridgehead atoms. The molecule has 68 heavy (non-hydrogen) atoms. The van der Waals surface area contributed by atoms with Gasteiger partial charge in [-0.15, -0.1) is 0 Å². The molecule has 2 aliphatic heterocycles. The van der Waals surface area contributed by atoms with Crippen molar-refractivity contribution in [2.75, 3.05) is 27.8 Å². The van der Waals surface area contributed by atoms with E-state index >= 15 is 0 Å². The van der Waals surface area contributed by atoms with Crippen LogP contribution in [-0.2, 0) is 63.8 Å². The van der Waals surface area contributed by atoms with Gasteiger partial charge >= 0.3 is 11.9 Å². The van der Waals surface area contributed by atoms with E-state index in [1.165, 1.54) is 30.9 Å². The number of aliphatic imine (C=N–C) groups is 1. The highest BCUT2D eigenvalue weighted by Gasteiger charge is 2.47. The maximum Gasteiger partial charge on any atom is 0.329 e. The third-order valence-corrected chi connectivity index (χ3v) is 12.1. The van der Waals surface area contributed by atoms with Crippen LogP contribution in [0, 0.1) is 11.8 Å². The number of carbonyl (C=O) groups excluding carboxylic acids is 9. The van der Waals surface area contributed by atoms with E-state index < -0.39 is 126 Å². The molecule has 378 valence electrons. The van der Waals surface area contributed by atoms with Gasteiger partial charge in [-0.05, 0) is 56.4 Å². The highest BCUT2D eigenvalue weighted by atomic mass is 16.5. The zero-order chi connectivity index (χ0) is 50.8. The lowest BCUT2D eigenvalue weighted by Gasteiger charge is -2.45. The van der Waals surface area contributed by atoms with Crippen LogP contribution in [0.1, 0.15) is 98.5 Å². The molecule has 1 aromatic carbocycles. The smallest absolute Gasteiger partial charge is 0.329 e. The molecule has 2 fully saturated rings. The van der Waals surface area contributed by atoms with Gasteiger partial charge < -0.3 is 62.1 Å². The van der Waals surface area contributed by atoms with Gasteiger partial charge in [-0.3, -0.25) is 43.3 Å². The predicted molar refractivity (Wildman–Crippen MR) is 248 cm³/mol. The Morgan fingerprint density at radius 1 is 0.926 bits per heavy atom. The molecule has 2 aliphatic rings. The fourth-order valence-corrected chi connectivity index (χ4v) is 8.06. The van der Waals surface area contributed by atoms with Crippen LogP contribution in [0.25, 0.3) is 0 Å². The summed E-state index contributed by atoms with van der Waals surface area (Å²) in [6.07, 6.45) is -2.02. The van der Waals surface area contributed by atoms with Crippen molar-refractivity contribution in [3.05, 3.63) is 35.9 Å². The Hall–Kier alpha value is -6.32. The van der Waals surface area contributed by atoms with E-state index in [0.29, 0.717) is 18.4 Å². The van der Waals surface area contributed by atoms with Gasteiger partial charge in [-0.2, -0.15) is 0 Å². The van der Waals surface area contributed by atoms with Gasteiger partial charge in [0.2, 0.25) is 41.4 Å². The number of hydrogen-bond donors (Lipinski definition) is 7. The predicted octanol–water partition coefficient (Wildman–Crippen LogP) is -0.492. The normalized spacial score (nSPS) is 25.3. The summed E-state index contributed by atoms with van der Waals surface area (Å²) in [5.74, 6) is -8.64. The van der Waals surface area contributed by atoms with Crippen LogP contribution in [0.5, 0.6) is 0 Å². The largest absolute Gasteiger partial charge is 0.469 e. The number of ether oxygens (including phenoxy) is 3. The van der Waals surface area contributed by atoms with E-state index in [1.54, 1.807) is 65.0 Å². The molecule has 7 amide bonds. The van der Waals surface area contributed by atoms with Crippen molar-refractivity contribution in [1.29, 1.82) is 0 Å². The monoisotopic (exact) mass is 957 g/mol. The van der Waals surface area contributed by atoms with E-state index in [-0.39, 0.29) is 51.0 Å². The highest BCUT2D eigenvalue weighted by Crippen LogP contribution is 2.28. The van der Waals surface area contributed by atoms with Gasteiger partial charge in [0, 0.05) is 33.5 Å². The van der Waals surface area contributed by atoms with E-state index in [0.717, 1.165) is 7.11 Å². The second kappa shape index (κ2) is 26.9. The SMILES string of the molecule is CCCC(=O)N[C@H](CC(=O)OC)C(=O)N[C@@H]1C(=O)N[C@@H](CCCN=C(N)N)C(=O)N[C@H]2CC[C@@H](OC)N(C2=O)[C@@H](C(C)C)C(=O)N(C)[C@@H](Cc2ccccc2)C(=O)N[C@@H]([C@@H](C)CC)C(=O)O[C@H]1C. The van der Waals surface area contributed by atoms with Crippen LogP contribution in [0.3, 0.4) is 0 Å². The van der Waals surface area contributed by atoms with Crippen LogP contribution in [0.4, 0.5) is 0 Å². The first-order valence-electron chi connectivity index (χ1n) is 23.2. The quantitative estimate of drug-likeness (QED) is 0.0449. The molecule has 0 aliphatic carbocycles. The molecule has 0 spiro atoms. The van der Waals surface area contributed by atoms with Crippen molar-refractivity contribution in [3.63, 3.8) is 0 Å². The van der Waals surface area contributed by atoms with Crippen LogP contribution >= 0.6 is 0 Å². The maximum absolute atomic E-state index is 14.9. The van der Waals surface area contributed by atoms with E-state index in [2.05, 4.69) is 31.6 Å². The van der Waals surface area contributed by atoms with Gasteiger partial charge in [-0.1, -0.05) is 71.4 Å². The maximum atomic E-state index is 14.9. The minimum absolute atomic E-state index is 0.000868. The summed E-state index contributed by atoms with van der Waals surface area (Å²) in [6, 6.07) is -0.878. The van der Waals surface area contributed by atoms with Crippen molar-refractivity contribution < 1.29 is 57.4 Å². The Kier molecular flexibility index (Phi) is 22.1. The molecule has 22 nitrogen and oxygen atoms in total. The molecule has 22 heteroatoms. The van der Waals surface area contributed by atoms with Gasteiger partial charge in [-0.25, -0.2) is 4.79 Å². The summed E-state index contributed by atoms with van der Waals surface area (Å²) in [6.45, 7) is 10.0. The molecule has 10 atom stereocenters. The molecule has 0 radical (unpaired) electrons. The number of nitrogens with two attached hydrogens (primary N) is 2. The fraction of sp³-hybridized carbons (Fsp3) is 0.652. The number of nitrogens with one attached hydrogen (secondary N) is 5. The second-order valence-electron chi connectivity index (χ2n) is 17.6. The Bertz CT molecular complexity index is 1960. The number of amides is 7. The summed E-state index contributed by atoms with van der Waals surface area (Å²) in [5, 5.41) is 13.1. The number of carbonyl (C=O) groups is 9. The standard InChI is InChI=1S/C46H72N10O12/c1-10-16-33(57)50-31(24-35(58)67-9)40(60)54-37-27(6)68-45(65)36(26(5)11-2)53-41(61)32(23-28-17-13-12-14-18-28)55(7)44(64)38(25(3)4)56-34(66-8)21-20-30(43(56)63)52-39(59)29(51-42(37)62)19-15-22-49-46(47)48/h12-14,17-18,25-27,29-32,34,36-38H,10-11,15-16,19-24H2,1-9H3,(H,50,57)(H,51,62)(H,52,59)(H,53,61)(H,54,60)(H4,47,48,49)/t26-,27-,29-,30-,31+,32-,34+,36-,37-,38-/m0/s1. The number of piperidine rings is 1. The molecule has 1 aromatic rings. The molecular weight excluding hydrogens is 885 g/mol. The van der Waals surface area contributed by atoms with Crippen LogP contribution in [-0.4, -0.2) is 151 Å². The lowest BCUT2D eigenvalue weighted by atomic mass is 9.93. The first-order valence-corrected chi connectivity index (χ1v) is 23.2.